The van der Waals surface area contributed by atoms with E-state index in [1.807, 2.05) is 0 Å². The molecule has 0 aromatic rings. The Labute approximate surface area is 101 Å². The molecule has 0 radical (unpaired) electrons. The van der Waals surface area contributed by atoms with Gasteiger partial charge in [-0.1, -0.05) is 0 Å². The summed E-state index contributed by atoms with van der Waals surface area (Å²) in [5, 5.41) is 0. The average Bonchev–Trinajstić information content (AvgIpc) is 2.93. The Morgan fingerprint density at radius 1 is 1.24 bits per heavy atom. The molecule has 4 atom stereocenters. The lowest BCUT2D eigenvalue weighted by atomic mass is 10.0. The molecule has 0 aliphatic carbocycles. The normalized spacial score (nSPS) is 37.7. The highest BCUT2D eigenvalue weighted by Gasteiger charge is 2.41. The van der Waals surface area contributed by atoms with Crippen LogP contribution in [0.2, 0.25) is 0 Å². The second-order valence-electron chi connectivity index (χ2n) is 4.60. The first-order chi connectivity index (χ1) is 8.17. The first kappa shape index (κ1) is 12.8. The Hall–Kier alpha value is -0.690. The van der Waals surface area contributed by atoms with Crippen molar-refractivity contribution >= 4 is 5.91 Å². The Kier molecular flexibility index (Phi) is 3.98. The van der Waals surface area contributed by atoms with Crippen LogP contribution < -0.4 is 5.73 Å². The second-order valence-corrected chi connectivity index (χ2v) is 4.60. The van der Waals surface area contributed by atoms with Gasteiger partial charge in [0.15, 0.2) is 0 Å². The van der Waals surface area contributed by atoms with E-state index in [-0.39, 0.29) is 30.1 Å². The lowest BCUT2D eigenvalue weighted by molar-refractivity contribution is -0.135. The van der Waals surface area contributed by atoms with Crippen LogP contribution in [0.5, 0.6) is 0 Å². The van der Waals surface area contributed by atoms with E-state index in [1.54, 1.807) is 19.1 Å². The zero-order chi connectivity index (χ0) is 12.4. The van der Waals surface area contributed by atoms with Crippen LogP contribution >= 0.6 is 0 Å². The lowest BCUT2D eigenvalue weighted by Crippen LogP contribution is -2.43. The van der Waals surface area contributed by atoms with Gasteiger partial charge in [0.2, 0.25) is 5.91 Å². The molecule has 0 spiro atoms. The molecule has 6 nitrogen and oxygen atoms in total. The fourth-order valence-corrected chi connectivity index (χ4v) is 2.44. The number of hydrogen-bond acceptors (Lipinski definition) is 5. The van der Waals surface area contributed by atoms with Crippen molar-refractivity contribution in [3.8, 4) is 0 Å². The minimum absolute atomic E-state index is 0.0524. The maximum atomic E-state index is 12.2. The van der Waals surface area contributed by atoms with Crippen LogP contribution in [0.4, 0.5) is 0 Å². The molecule has 0 aromatic heterocycles. The number of carbonyl (C=O) groups is 1. The largest absolute Gasteiger partial charge is 0.379 e. The highest BCUT2D eigenvalue weighted by Crippen LogP contribution is 2.21. The van der Waals surface area contributed by atoms with Gasteiger partial charge in [-0.2, -0.15) is 0 Å². The summed E-state index contributed by atoms with van der Waals surface area (Å²) in [5.74, 6) is -0.167. The fourth-order valence-electron chi connectivity index (χ4n) is 2.44. The van der Waals surface area contributed by atoms with Crippen molar-refractivity contribution in [2.45, 2.75) is 18.2 Å². The molecule has 2 rings (SSSR count). The van der Waals surface area contributed by atoms with E-state index in [0.29, 0.717) is 26.3 Å². The van der Waals surface area contributed by atoms with Gasteiger partial charge in [0.25, 0.3) is 0 Å². The Morgan fingerprint density at radius 2 is 1.82 bits per heavy atom. The van der Waals surface area contributed by atoms with Crippen molar-refractivity contribution < 1.29 is 19.0 Å². The number of methoxy groups -OCH3 is 2. The van der Waals surface area contributed by atoms with Crippen LogP contribution in [-0.4, -0.2) is 69.6 Å². The molecule has 2 N–H and O–H groups in total. The van der Waals surface area contributed by atoms with Gasteiger partial charge in [-0.15, -0.1) is 0 Å². The van der Waals surface area contributed by atoms with E-state index in [4.69, 9.17) is 19.9 Å². The van der Waals surface area contributed by atoms with E-state index in [0.717, 1.165) is 0 Å². The number of nitrogens with two attached hydrogens (primary N) is 1. The molecular weight excluding hydrogens is 224 g/mol. The van der Waals surface area contributed by atoms with Crippen molar-refractivity contribution in [2.24, 2.45) is 11.7 Å². The third kappa shape index (κ3) is 2.44. The highest BCUT2D eigenvalue weighted by molar-refractivity contribution is 5.80. The van der Waals surface area contributed by atoms with Crippen LogP contribution in [0.25, 0.3) is 0 Å². The third-order valence-electron chi connectivity index (χ3n) is 3.57. The predicted octanol–water partition coefficient (Wildman–Crippen LogP) is -1.17. The van der Waals surface area contributed by atoms with Crippen molar-refractivity contribution in [1.29, 1.82) is 0 Å². The predicted molar refractivity (Wildman–Crippen MR) is 60.5 cm³/mol. The summed E-state index contributed by atoms with van der Waals surface area (Å²) < 4.78 is 15.8. The zero-order valence-corrected chi connectivity index (χ0v) is 10.3. The van der Waals surface area contributed by atoms with Crippen molar-refractivity contribution in [3.63, 3.8) is 0 Å². The van der Waals surface area contributed by atoms with Crippen LogP contribution in [0.1, 0.15) is 0 Å². The number of likely N-dealkylation sites (tertiary alicyclic amines) is 1. The van der Waals surface area contributed by atoms with E-state index in [2.05, 4.69) is 0 Å². The molecule has 4 unspecified atom stereocenters. The number of amides is 1. The van der Waals surface area contributed by atoms with Crippen LogP contribution in [0.3, 0.4) is 0 Å². The van der Waals surface area contributed by atoms with Gasteiger partial charge < -0.3 is 24.8 Å². The fraction of sp³-hybridized carbons (Fsp3) is 0.909. The summed E-state index contributed by atoms with van der Waals surface area (Å²) in [6, 6.07) is -0.190. The van der Waals surface area contributed by atoms with Crippen molar-refractivity contribution in [2.75, 3.05) is 40.5 Å². The van der Waals surface area contributed by atoms with Gasteiger partial charge >= 0.3 is 0 Å². The maximum absolute atomic E-state index is 12.2. The number of carbonyl (C=O) groups excluding carboxylic acids is 1. The second kappa shape index (κ2) is 5.30. The SMILES string of the molecule is COC1CN(C(=O)C2COCC2N)CC1OC. The molecule has 2 heterocycles. The monoisotopic (exact) mass is 244 g/mol. The highest BCUT2D eigenvalue weighted by atomic mass is 16.5. The maximum Gasteiger partial charge on any atom is 0.229 e. The van der Waals surface area contributed by atoms with Gasteiger partial charge in [-0.3, -0.25) is 4.79 Å². The summed E-state index contributed by atoms with van der Waals surface area (Å²) in [6.07, 6.45) is -0.106. The lowest BCUT2D eigenvalue weighted by Gasteiger charge is -2.21. The molecule has 2 aliphatic heterocycles. The Morgan fingerprint density at radius 3 is 2.24 bits per heavy atom. The molecular formula is C11H20N2O4. The quantitative estimate of drug-likeness (QED) is 0.677. The van der Waals surface area contributed by atoms with Crippen LogP contribution in [0.15, 0.2) is 0 Å². The standard InChI is InChI=1S/C11H20N2O4/c1-15-9-3-13(4-10(9)16-2)11(14)7-5-17-6-8(7)12/h7-10H,3-6,12H2,1-2H3. The average molecular weight is 244 g/mol. The molecule has 0 bridgehead atoms. The molecule has 6 heteroatoms. The van der Waals surface area contributed by atoms with Gasteiger partial charge in [0, 0.05) is 33.4 Å². The Bertz CT molecular complexity index is 275. The first-order valence-electron chi connectivity index (χ1n) is 5.85. The number of hydrogen-bond donors (Lipinski definition) is 1. The van der Waals surface area contributed by atoms with Crippen molar-refractivity contribution in [1.82, 2.24) is 4.90 Å². The third-order valence-corrected chi connectivity index (χ3v) is 3.57. The van der Waals surface area contributed by atoms with E-state index in [1.165, 1.54) is 0 Å². The Balaban J connectivity index is 1.97. The van der Waals surface area contributed by atoms with Crippen molar-refractivity contribution in [3.05, 3.63) is 0 Å². The zero-order valence-electron chi connectivity index (χ0n) is 10.3. The molecule has 2 saturated heterocycles. The number of ether oxygens (including phenoxy) is 3. The minimum atomic E-state index is -0.219. The summed E-state index contributed by atoms with van der Waals surface area (Å²) in [7, 11) is 3.27. The molecule has 0 saturated carbocycles. The van der Waals surface area contributed by atoms with Gasteiger partial charge in [-0.25, -0.2) is 0 Å². The smallest absolute Gasteiger partial charge is 0.229 e. The van der Waals surface area contributed by atoms with E-state index in [9.17, 15) is 4.79 Å². The molecule has 2 fully saturated rings. The van der Waals surface area contributed by atoms with E-state index < -0.39 is 0 Å². The minimum Gasteiger partial charge on any atom is -0.379 e. The summed E-state index contributed by atoms with van der Waals surface area (Å²) in [4.78, 5) is 14.0. The summed E-state index contributed by atoms with van der Waals surface area (Å²) in [6.45, 7) is 2.02. The number of nitrogens with zero attached hydrogens (tertiary/aromatic N) is 1. The van der Waals surface area contributed by atoms with Crippen LogP contribution in [0, 0.1) is 5.92 Å². The molecule has 17 heavy (non-hydrogen) atoms. The number of rotatable bonds is 3. The van der Waals surface area contributed by atoms with E-state index >= 15 is 0 Å². The summed E-state index contributed by atoms with van der Waals surface area (Å²) in [5.41, 5.74) is 5.85. The molecule has 1 amide bonds. The van der Waals surface area contributed by atoms with Crippen LogP contribution in [-0.2, 0) is 19.0 Å². The molecule has 2 aliphatic rings. The topological polar surface area (TPSA) is 74.0 Å². The van der Waals surface area contributed by atoms with Gasteiger partial charge in [-0.05, 0) is 0 Å². The van der Waals surface area contributed by atoms with Gasteiger partial charge in [0.1, 0.15) is 12.2 Å². The molecule has 98 valence electrons. The first-order valence-corrected chi connectivity index (χ1v) is 5.85. The van der Waals surface area contributed by atoms with Gasteiger partial charge in [0.05, 0.1) is 19.1 Å². The summed E-state index contributed by atoms with van der Waals surface area (Å²) >= 11 is 0. The molecule has 0 aromatic carbocycles.